The van der Waals surface area contributed by atoms with Crippen molar-refractivity contribution >= 4 is 23.5 Å². The number of oxazole rings is 1. The van der Waals surface area contributed by atoms with Gasteiger partial charge in [0.1, 0.15) is 6.04 Å². The Balaban J connectivity index is 1.87. The van der Waals surface area contributed by atoms with E-state index in [0.717, 1.165) is 18.4 Å². The molecule has 1 atom stereocenters. The molecular formula is C18H21ClN2O4. The van der Waals surface area contributed by atoms with Gasteiger partial charge in [-0.15, -0.1) is 0 Å². The Kier molecular flexibility index (Phi) is 7.01. The van der Waals surface area contributed by atoms with E-state index in [1.54, 1.807) is 18.3 Å². The van der Waals surface area contributed by atoms with Crippen molar-refractivity contribution in [1.82, 2.24) is 10.3 Å². The van der Waals surface area contributed by atoms with E-state index in [1.807, 2.05) is 19.1 Å². The molecule has 0 spiro atoms. The molecule has 134 valence electrons. The fraction of sp³-hybridized carbons (Fsp3) is 0.389. The second-order valence-corrected chi connectivity index (χ2v) is 6.16. The molecule has 0 saturated carbocycles. The molecule has 1 aromatic carbocycles. The summed E-state index contributed by atoms with van der Waals surface area (Å²) in [5, 5.41) is 12.3. The number of benzene rings is 1. The maximum atomic E-state index is 12.0. The van der Waals surface area contributed by atoms with Crippen molar-refractivity contribution in [1.29, 1.82) is 0 Å². The van der Waals surface area contributed by atoms with Crippen molar-refractivity contribution in [3.8, 4) is 11.3 Å². The van der Waals surface area contributed by atoms with Crippen LogP contribution < -0.4 is 5.32 Å². The van der Waals surface area contributed by atoms with Crippen LogP contribution in [0.4, 0.5) is 0 Å². The molecule has 0 unspecified atom stereocenters. The minimum Gasteiger partial charge on any atom is -0.480 e. The van der Waals surface area contributed by atoms with Crippen molar-refractivity contribution in [3.05, 3.63) is 41.4 Å². The first-order valence-corrected chi connectivity index (χ1v) is 8.60. The van der Waals surface area contributed by atoms with Crippen LogP contribution in [0.15, 0.2) is 34.9 Å². The van der Waals surface area contributed by atoms with Gasteiger partial charge in [0.25, 0.3) is 0 Å². The SMILES string of the molecule is CCCC[C@H](NC(=O)CCc1ncc(-c2ccc(Cl)cc2)o1)C(=O)O. The smallest absolute Gasteiger partial charge is 0.326 e. The summed E-state index contributed by atoms with van der Waals surface area (Å²) in [6.45, 7) is 1.97. The molecule has 0 fully saturated rings. The van der Waals surface area contributed by atoms with Crippen molar-refractivity contribution in [2.75, 3.05) is 0 Å². The lowest BCUT2D eigenvalue weighted by molar-refractivity contribution is -0.142. The zero-order valence-electron chi connectivity index (χ0n) is 14.0. The lowest BCUT2D eigenvalue weighted by Crippen LogP contribution is -2.40. The summed E-state index contributed by atoms with van der Waals surface area (Å²) < 4.78 is 5.63. The molecule has 0 aliphatic carbocycles. The highest BCUT2D eigenvalue weighted by molar-refractivity contribution is 6.30. The summed E-state index contributed by atoms with van der Waals surface area (Å²) in [5.74, 6) is -0.309. The second kappa shape index (κ2) is 9.22. The number of hydrogen-bond acceptors (Lipinski definition) is 4. The van der Waals surface area contributed by atoms with Gasteiger partial charge in [-0.1, -0.05) is 31.4 Å². The third kappa shape index (κ3) is 5.90. The zero-order chi connectivity index (χ0) is 18.2. The Morgan fingerprint density at radius 2 is 2.04 bits per heavy atom. The highest BCUT2D eigenvalue weighted by Crippen LogP contribution is 2.22. The van der Waals surface area contributed by atoms with Gasteiger partial charge in [-0.25, -0.2) is 9.78 Å². The maximum Gasteiger partial charge on any atom is 0.326 e. The number of aromatic nitrogens is 1. The Hall–Kier alpha value is -2.34. The van der Waals surface area contributed by atoms with E-state index in [9.17, 15) is 9.59 Å². The minimum atomic E-state index is -1.01. The monoisotopic (exact) mass is 364 g/mol. The van der Waals surface area contributed by atoms with E-state index in [2.05, 4.69) is 10.3 Å². The summed E-state index contributed by atoms with van der Waals surface area (Å²) in [7, 11) is 0. The molecule has 1 aromatic heterocycles. The van der Waals surface area contributed by atoms with Crippen LogP contribution in [-0.4, -0.2) is 28.0 Å². The van der Waals surface area contributed by atoms with Crippen molar-refractivity contribution in [2.45, 2.75) is 45.1 Å². The van der Waals surface area contributed by atoms with Crippen LogP contribution in [0.2, 0.25) is 5.02 Å². The van der Waals surface area contributed by atoms with E-state index in [1.165, 1.54) is 0 Å². The summed E-state index contributed by atoms with van der Waals surface area (Å²) in [4.78, 5) is 27.2. The molecule has 0 aliphatic rings. The molecule has 0 saturated heterocycles. The Bertz CT molecular complexity index is 712. The molecule has 2 rings (SSSR count). The Morgan fingerprint density at radius 3 is 2.68 bits per heavy atom. The first-order valence-electron chi connectivity index (χ1n) is 8.22. The predicted octanol–water partition coefficient (Wildman–Crippen LogP) is 3.69. The third-order valence-corrected chi connectivity index (χ3v) is 3.98. The van der Waals surface area contributed by atoms with Gasteiger partial charge in [0.05, 0.1) is 6.20 Å². The van der Waals surface area contributed by atoms with Crippen LogP contribution in [0.25, 0.3) is 11.3 Å². The first-order chi connectivity index (χ1) is 12.0. The van der Waals surface area contributed by atoms with E-state index in [-0.39, 0.29) is 12.3 Å². The predicted molar refractivity (Wildman–Crippen MR) is 94.4 cm³/mol. The molecule has 2 aromatic rings. The molecular weight excluding hydrogens is 344 g/mol. The Labute approximate surface area is 151 Å². The highest BCUT2D eigenvalue weighted by Gasteiger charge is 2.19. The van der Waals surface area contributed by atoms with Crippen LogP contribution in [0, 0.1) is 0 Å². The molecule has 0 bridgehead atoms. The summed E-state index contributed by atoms with van der Waals surface area (Å²) in [6.07, 6.45) is 4.08. The molecule has 25 heavy (non-hydrogen) atoms. The normalized spacial score (nSPS) is 11.9. The lowest BCUT2D eigenvalue weighted by atomic mass is 10.1. The number of aliphatic carboxylic acids is 1. The summed E-state index contributed by atoms with van der Waals surface area (Å²) in [6, 6.07) is 6.32. The fourth-order valence-corrected chi connectivity index (χ4v) is 2.45. The standard InChI is InChI=1S/C18H21ClN2O4/c1-2-3-4-14(18(23)24)21-16(22)9-10-17-20-11-15(25-17)12-5-7-13(19)8-6-12/h5-8,11,14H,2-4,9-10H2,1H3,(H,21,22)(H,23,24)/t14-/m0/s1. The number of nitrogens with one attached hydrogen (secondary N) is 1. The first kappa shape index (κ1) is 19.0. The number of carboxylic acid groups (broad SMARTS) is 1. The van der Waals surface area contributed by atoms with Gasteiger partial charge in [-0.3, -0.25) is 4.79 Å². The molecule has 1 amide bonds. The van der Waals surface area contributed by atoms with Gasteiger partial charge in [-0.2, -0.15) is 0 Å². The van der Waals surface area contributed by atoms with Crippen LogP contribution in [0.3, 0.4) is 0 Å². The molecule has 0 aliphatic heterocycles. The average Bonchev–Trinajstić information content (AvgIpc) is 3.06. The van der Waals surface area contributed by atoms with Crippen LogP contribution >= 0.6 is 11.6 Å². The van der Waals surface area contributed by atoms with E-state index in [4.69, 9.17) is 21.1 Å². The van der Waals surface area contributed by atoms with Gasteiger partial charge in [0, 0.05) is 23.4 Å². The number of hydrogen-bond donors (Lipinski definition) is 2. The van der Waals surface area contributed by atoms with Crippen molar-refractivity contribution in [2.24, 2.45) is 0 Å². The number of unbranched alkanes of at least 4 members (excludes halogenated alkanes) is 1. The molecule has 7 heteroatoms. The fourth-order valence-electron chi connectivity index (χ4n) is 2.33. The van der Waals surface area contributed by atoms with Crippen molar-refractivity contribution in [3.63, 3.8) is 0 Å². The number of carboxylic acids is 1. The van der Waals surface area contributed by atoms with Gasteiger partial charge >= 0.3 is 5.97 Å². The van der Waals surface area contributed by atoms with Gasteiger partial charge in [0.15, 0.2) is 11.7 Å². The number of amides is 1. The second-order valence-electron chi connectivity index (χ2n) is 5.73. The van der Waals surface area contributed by atoms with Gasteiger partial charge < -0.3 is 14.8 Å². The Morgan fingerprint density at radius 1 is 1.32 bits per heavy atom. The maximum absolute atomic E-state index is 12.0. The zero-order valence-corrected chi connectivity index (χ0v) is 14.8. The van der Waals surface area contributed by atoms with Crippen LogP contribution in [0.5, 0.6) is 0 Å². The summed E-state index contributed by atoms with van der Waals surface area (Å²) in [5.41, 5.74) is 0.845. The number of carbonyl (C=O) groups is 2. The minimum absolute atomic E-state index is 0.122. The highest BCUT2D eigenvalue weighted by atomic mass is 35.5. The summed E-state index contributed by atoms with van der Waals surface area (Å²) >= 11 is 5.85. The van der Waals surface area contributed by atoms with Crippen LogP contribution in [0.1, 0.15) is 38.5 Å². The molecule has 0 radical (unpaired) electrons. The van der Waals surface area contributed by atoms with Gasteiger partial charge in [-0.05, 0) is 30.7 Å². The quantitative estimate of drug-likeness (QED) is 0.707. The van der Waals surface area contributed by atoms with E-state index >= 15 is 0 Å². The number of nitrogens with zero attached hydrogens (tertiary/aromatic N) is 1. The number of rotatable bonds is 9. The third-order valence-electron chi connectivity index (χ3n) is 3.73. The topological polar surface area (TPSA) is 92.4 Å². The molecule has 2 N–H and O–H groups in total. The van der Waals surface area contributed by atoms with E-state index < -0.39 is 12.0 Å². The number of halogens is 1. The number of carbonyl (C=O) groups excluding carboxylic acids is 1. The number of aryl methyl sites for hydroxylation is 1. The van der Waals surface area contributed by atoms with Gasteiger partial charge in [0.2, 0.25) is 5.91 Å². The lowest BCUT2D eigenvalue weighted by Gasteiger charge is -2.13. The average molecular weight is 365 g/mol. The molecule has 1 heterocycles. The van der Waals surface area contributed by atoms with E-state index in [0.29, 0.717) is 29.5 Å². The largest absolute Gasteiger partial charge is 0.480 e. The molecule has 6 nitrogen and oxygen atoms in total. The van der Waals surface area contributed by atoms with Crippen LogP contribution in [-0.2, 0) is 16.0 Å². The van der Waals surface area contributed by atoms with Crippen molar-refractivity contribution < 1.29 is 19.1 Å².